The van der Waals surface area contributed by atoms with E-state index >= 15 is 0 Å². The van der Waals surface area contributed by atoms with Crippen molar-refractivity contribution in [2.75, 3.05) is 5.32 Å². The summed E-state index contributed by atoms with van der Waals surface area (Å²) in [5.41, 5.74) is 3.21. The lowest BCUT2D eigenvalue weighted by atomic mass is 10.1. The molecule has 4 rings (SSSR count). The monoisotopic (exact) mass is 434 g/mol. The van der Waals surface area contributed by atoms with E-state index in [-0.39, 0.29) is 23.8 Å². The van der Waals surface area contributed by atoms with Gasteiger partial charge in [-0.2, -0.15) is 0 Å². The van der Waals surface area contributed by atoms with Gasteiger partial charge < -0.3 is 15.4 Å². The third kappa shape index (κ3) is 5.27. The first-order chi connectivity index (χ1) is 15.1. The van der Waals surface area contributed by atoms with Crippen molar-refractivity contribution in [2.24, 2.45) is 0 Å². The smallest absolute Gasteiger partial charge is 0.260 e. The molecule has 0 aromatic heterocycles. The van der Waals surface area contributed by atoms with Gasteiger partial charge in [-0.25, -0.2) is 4.39 Å². The van der Waals surface area contributed by atoms with Crippen LogP contribution in [-0.4, -0.2) is 11.4 Å². The lowest BCUT2D eigenvalue weighted by Crippen LogP contribution is -2.30. The maximum Gasteiger partial charge on any atom is 0.260 e. The number of hydrogen-bond donors (Lipinski definition) is 2. The topological polar surface area (TPSA) is 50.4 Å². The van der Waals surface area contributed by atoms with Crippen LogP contribution in [0.2, 0.25) is 0 Å². The highest BCUT2D eigenvalue weighted by molar-refractivity contribution is 8.05. The van der Waals surface area contributed by atoms with Crippen LogP contribution < -0.4 is 15.4 Å². The molecule has 1 amide bonds. The summed E-state index contributed by atoms with van der Waals surface area (Å²) in [6, 6.07) is 22.1. The lowest BCUT2D eigenvalue weighted by molar-refractivity contribution is -0.116. The highest BCUT2D eigenvalue weighted by Crippen LogP contribution is 2.32. The van der Waals surface area contributed by atoms with E-state index in [4.69, 9.17) is 4.74 Å². The normalized spacial score (nSPS) is 16.9. The number of nitrogens with one attached hydrogen (secondary N) is 2. The number of hydrogen-bond acceptors (Lipinski definition) is 4. The molecule has 4 nitrogen and oxygen atoms in total. The fraction of sp³-hybridized carbons (Fsp3) is 0.160. The maximum atomic E-state index is 13.9. The Labute approximate surface area is 185 Å². The molecule has 31 heavy (non-hydrogen) atoms. The molecule has 0 saturated carbocycles. The van der Waals surface area contributed by atoms with E-state index in [1.807, 2.05) is 36.4 Å². The van der Waals surface area contributed by atoms with Gasteiger partial charge in [-0.15, -0.1) is 0 Å². The lowest BCUT2D eigenvalue weighted by Gasteiger charge is -2.13. The Hall–Kier alpha value is -3.25. The first-order valence-electron chi connectivity index (χ1n) is 10.1. The summed E-state index contributed by atoms with van der Waals surface area (Å²) in [5, 5.41) is 6.26. The van der Waals surface area contributed by atoms with Crippen molar-refractivity contribution in [3.8, 4) is 5.75 Å². The van der Waals surface area contributed by atoms with Gasteiger partial charge >= 0.3 is 0 Å². The van der Waals surface area contributed by atoms with E-state index < -0.39 is 0 Å². The minimum Gasteiger partial charge on any atom is -0.488 e. The SMILES string of the molecule is CCc1ccc(N[C@@H]2NC(=O)/C(=C/c3ccccc3OCc3ccccc3F)S2)cc1. The largest absolute Gasteiger partial charge is 0.488 e. The number of carbonyl (C=O) groups excluding carboxylic acids is 1. The Morgan fingerprint density at radius 3 is 2.58 bits per heavy atom. The highest BCUT2D eigenvalue weighted by Gasteiger charge is 2.27. The Kier molecular flexibility index (Phi) is 6.57. The minimum absolute atomic E-state index is 0.115. The van der Waals surface area contributed by atoms with Crippen molar-refractivity contribution >= 4 is 29.4 Å². The molecule has 1 saturated heterocycles. The van der Waals surface area contributed by atoms with Crippen molar-refractivity contribution in [2.45, 2.75) is 25.4 Å². The van der Waals surface area contributed by atoms with E-state index in [9.17, 15) is 9.18 Å². The molecule has 0 aliphatic carbocycles. The van der Waals surface area contributed by atoms with Gasteiger partial charge in [0.2, 0.25) is 0 Å². The molecular weight excluding hydrogens is 411 g/mol. The maximum absolute atomic E-state index is 13.9. The standard InChI is InChI=1S/C25H23FN2O2S/c1-2-17-11-13-20(14-12-17)27-25-28-24(29)23(31-25)15-18-7-4-6-10-22(18)30-16-19-8-3-5-9-21(19)26/h3-15,25,27H,2,16H2,1H3,(H,28,29)/b23-15-/t25-/m1/s1. The van der Waals surface area contributed by atoms with Gasteiger partial charge in [0.15, 0.2) is 5.50 Å². The molecule has 0 spiro atoms. The number of benzene rings is 3. The Bertz CT molecular complexity index is 1100. The zero-order chi connectivity index (χ0) is 21.6. The van der Waals surface area contributed by atoms with Gasteiger partial charge in [-0.05, 0) is 42.3 Å². The summed E-state index contributed by atoms with van der Waals surface area (Å²) in [7, 11) is 0. The third-order valence-electron chi connectivity index (χ3n) is 4.94. The van der Waals surface area contributed by atoms with Crippen LogP contribution in [0.25, 0.3) is 6.08 Å². The minimum atomic E-state index is -0.301. The van der Waals surface area contributed by atoms with Crippen LogP contribution in [0.5, 0.6) is 5.75 Å². The summed E-state index contributed by atoms with van der Waals surface area (Å²) < 4.78 is 19.7. The molecule has 0 bridgehead atoms. The molecule has 1 fully saturated rings. The molecule has 1 atom stereocenters. The second-order valence-corrected chi connectivity index (χ2v) is 8.24. The predicted molar refractivity (Wildman–Crippen MR) is 124 cm³/mol. The van der Waals surface area contributed by atoms with Crippen molar-refractivity contribution in [3.05, 3.63) is 100 Å². The van der Waals surface area contributed by atoms with Crippen molar-refractivity contribution in [1.29, 1.82) is 0 Å². The molecule has 3 aromatic carbocycles. The fourth-order valence-electron chi connectivity index (χ4n) is 3.20. The Morgan fingerprint density at radius 2 is 1.81 bits per heavy atom. The molecule has 1 aliphatic rings. The van der Waals surface area contributed by atoms with Crippen molar-refractivity contribution in [1.82, 2.24) is 5.32 Å². The molecule has 2 N–H and O–H groups in total. The Balaban J connectivity index is 1.45. The van der Waals surface area contributed by atoms with Gasteiger partial charge in [0.1, 0.15) is 18.2 Å². The number of ether oxygens (including phenoxy) is 1. The highest BCUT2D eigenvalue weighted by atomic mass is 32.2. The second kappa shape index (κ2) is 9.71. The second-order valence-electron chi connectivity index (χ2n) is 7.09. The molecule has 158 valence electrons. The number of rotatable bonds is 7. The van der Waals surface area contributed by atoms with Gasteiger partial charge in [-0.1, -0.05) is 67.2 Å². The molecule has 0 unspecified atom stereocenters. The molecule has 6 heteroatoms. The molecule has 0 radical (unpaired) electrons. The number of halogens is 1. The summed E-state index contributed by atoms with van der Waals surface area (Å²) in [4.78, 5) is 13.1. The first-order valence-corrected chi connectivity index (χ1v) is 11.0. The van der Waals surface area contributed by atoms with Crippen LogP contribution in [0.1, 0.15) is 23.6 Å². The summed E-state index contributed by atoms with van der Waals surface area (Å²) in [6.07, 6.45) is 2.79. The fourth-order valence-corrected chi connectivity index (χ4v) is 4.17. The van der Waals surface area contributed by atoms with E-state index in [0.717, 1.165) is 17.7 Å². The zero-order valence-electron chi connectivity index (χ0n) is 17.1. The van der Waals surface area contributed by atoms with Crippen LogP contribution >= 0.6 is 11.8 Å². The quantitative estimate of drug-likeness (QED) is 0.478. The zero-order valence-corrected chi connectivity index (χ0v) is 17.9. The van der Waals surface area contributed by atoms with Crippen molar-refractivity contribution in [3.63, 3.8) is 0 Å². The van der Waals surface area contributed by atoms with Crippen LogP contribution in [0.3, 0.4) is 0 Å². The first kappa shape index (κ1) is 21.0. The van der Waals surface area contributed by atoms with E-state index in [1.165, 1.54) is 23.4 Å². The number of anilines is 1. The van der Waals surface area contributed by atoms with Gasteiger partial charge in [-0.3, -0.25) is 4.79 Å². The number of thioether (sulfide) groups is 1. The van der Waals surface area contributed by atoms with Crippen LogP contribution in [0.4, 0.5) is 10.1 Å². The number of amides is 1. The summed E-state index contributed by atoms with van der Waals surface area (Å²) >= 11 is 1.42. The van der Waals surface area contributed by atoms with Crippen molar-refractivity contribution < 1.29 is 13.9 Å². The summed E-state index contributed by atoms with van der Waals surface area (Å²) in [5.74, 6) is 0.153. The van der Waals surface area contributed by atoms with E-state index in [1.54, 1.807) is 24.3 Å². The Morgan fingerprint density at radius 1 is 1.06 bits per heavy atom. The number of carbonyl (C=O) groups is 1. The molecule has 1 aliphatic heterocycles. The predicted octanol–water partition coefficient (Wildman–Crippen LogP) is 5.57. The molecular formula is C25H23FN2O2S. The number of aryl methyl sites for hydroxylation is 1. The van der Waals surface area contributed by atoms with Gasteiger partial charge in [0, 0.05) is 16.8 Å². The summed E-state index contributed by atoms with van der Waals surface area (Å²) in [6.45, 7) is 2.23. The molecule has 1 heterocycles. The average molecular weight is 435 g/mol. The third-order valence-corrected chi connectivity index (χ3v) is 5.97. The van der Waals surface area contributed by atoms with Crippen LogP contribution in [0.15, 0.2) is 77.7 Å². The van der Waals surface area contributed by atoms with Crippen LogP contribution in [-0.2, 0) is 17.8 Å². The van der Waals surface area contributed by atoms with E-state index in [2.05, 4.69) is 29.7 Å². The average Bonchev–Trinajstić information content (AvgIpc) is 3.13. The molecule has 3 aromatic rings. The van der Waals surface area contributed by atoms with Gasteiger partial charge in [0.05, 0.1) is 4.91 Å². The van der Waals surface area contributed by atoms with Crippen LogP contribution in [0, 0.1) is 5.82 Å². The van der Waals surface area contributed by atoms with E-state index in [0.29, 0.717) is 16.2 Å². The number of para-hydroxylation sites is 1. The van der Waals surface area contributed by atoms with Gasteiger partial charge in [0.25, 0.3) is 5.91 Å².